The molecule has 1 unspecified atom stereocenters. The topological polar surface area (TPSA) is 79.6 Å². The molecule has 1 aromatic carbocycles. The number of rotatable bonds is 2. The summed E-state index contributed by atoms with van der Waals surface area (Å²) in [6, 6.07) is 8.57. The summed E-state index contributed by atoms with van der Waals surface area (Å²) in [5.41, 5.74) is 0.722. The number of amides is 1. The molecule has 1 aliphatic heterocycles. The maximum Gasteiger partial charge on any atom is 0.339 e. The van der Waals surface area contributed by atoms with Gasteiger partial charge in [0.05, 0.1) is 31.0 Å². The zero-order chi connectivity index (χ0) is 13.8. The Balaban J connectivity index is 2.37. The van der Waals surface area contributed by atoms with Gasteiger partial charge in [-0.2, -0.15) is 5.26 Å². The SMILES string of the molecule is COC(=O)c1ccccc1N1CC(C#N)OCC1=O. The molecule has 6 heteroatoms. The number of carbonyl (C=O) groups is 2. The van der Waals surface area contributed by atoms with Crippen LogP contribution in [0.15, 0.2) is 24.3 Å². The molecule has 98 valence electrons. The van der Waals surface area contributed by atoms with Crippen molar-refractivity contribution in [2.75, 3.05) is 25.2 Å². The van der Waals surface area contributed by atoms with Crippen molar-refractivity contribution < 1.29 is 19.1 Å². The first kappa shape index (κ1) is 13.1. The highest BCUT2D eigenvalue weighted by molar-refractivity contribution is 6.03. The lowest BCUT2D eigenvalue weighted by atomic mass is 10.1. The molecule has 1 heterocycles. The second-order valence-corrected chi connectivity index (χ2v) is 3.94. The lowest BCUT2D eigenvalue weighted by molar-refractivity contribution is -0.127. The van der Waals surface area contributed by atoms with Crippen LogP contribution in [-0.2, 0) is 14.3 Å². The fourth-order valence-electron chi connectivity index (χ4n) is 1.87. The Bertz CT molecular complexity index is 550. The van der Waals surface area contributed by atoms with E-state index in [1.54, 1.807) is 24.3 Å². The Morgan fingerprint density at radius 2 is 2.26 bits per heavy atom. The number of carbonyl (C=O) groups excluding carboxylic acids is 2. The van der Waals surface area contributed by atoms with E-state index in [1.807, 2.05) is 6.07 Å². The van der Waals surface area contributed by atoms with Crippen LogP contribution in [0, 0.1) is 11.3 Å². The molecule has 1 saturated heterocycles. The van der Waals surface area contributed by atoms with E-state index in [0.717, 1.165) is 0 Å². The van der Waals surface area contributed by atoms with Gasteiger partial charge in [-0.15, -0.1) is 0 Å². The maximum absolute atomic E-state index is 11.9. The van der Waals surface area contributed by atoms with E-state index in [0.29, 0.717) is 5.69 Å². The highest BCUT2D eigenvalue weighted by atomic mass is 16.5. The Hall–Kier alpha value is -2.39. The summed E-state index contributed by atoms with van der Waals surface area (Å²) in [6.45, 7) is -0.0723. The van der Waals surface area contributed by atoms with Crippen LogP contribution < -0.4 is 4.90 Å². The van der Waals surface area contributed by atoms with Crippen molar-refractivity contribution in [2.45, 2.75) is 6.10 Å². The number of nitrogens with zero attached hydrogens (tertiary/aromatic N) is 2. The van der Waals surface area contributed by atoms with Crippen LogP contribution in [-0.4, -0.2) is 38.2 Å². The van der Waals surface area contributed by atoms with Gasteiger partial charge in [-0.25, -0.2) is 4.79 Å². The molecule has 0 aliphatic carbocycles. The quantitative estimate of drug-likeness (QED) is 0.732. The van der Waals surface area contributed by atoms with E-state index in [-0.39, 0.29) is 24.6 Å². The number of hydrogen-bond acceptors (Lipinski definition) is 5. The molecular formula is C13H12N2O4. The van der Waals surface area contributed by atoms with Gasteiger partial charge in [0.1, 0.15) is 6.61 Å². The molecule has 0 spiro atoms. The van der Waals surface area contributed by atoms with E-state index in [4.69, 9.17) is 10.00 Å². The first-order chi connectivity index (χ1) is 9.17. The van der Waals surface area contributed by atoms with E-state index in [2.05, 4.69) is 4.74 Å². The van der Waals surface area contributed by atoms with Crippen LogP contribution >= 0.6 is 0 Å². The molecule has 6 nitrogen and oxygen atoms in total. The number of anilines is 1. The van der Waals surface area contributed by atoms with E-state index < -0.39 is 12.1 Å². The number of hydrogen-bond donors (Lipinski definition) is 0. The summed E-state index contributed by atoms with van der Waals surface area (Å²) < 4.78 is 9.73. The first-order valence-corrected chi connectivity index (χ1v) is 5.66. The Morgan fingerprint density at radius 1 is 1.53 bits per heavy atom. The van der Waals surface area contributed by atoms with Gasteiger partial charge in [-0.3, -0.25) is 4.79 Å². The highest BCUT2D eigenvalue weighted by Gasteiger charge is 2.29. The Kier molecular flexibility index (Phi) is 3.78. The fourth-order valence-corrected chi connectivity index (χ4v) is 1.87. The van der Waals surface area contributed by atoms with Gasteiger partial charge in [-0.1, -0.05) is 12.1 Å². The Labute approximate surface area is 110 Å². The first-order valence-electron chi connectivity index (χ1n) is 5.66. The number of morpholine rings is 1. The summed E-state index contributed by atoms with van der Waals surface area (Å²) >= 11 is 0. The zero-order valence-electron chi connectivity index (χ0n) is 10.3. The fraction of sp³-hybridized carbons (Fsp3) is 0.308. The number of benzene rings is 1. The molecule has 1 aromatic rings. The molecule has 0 N–H and O–H groups in total. The molecular weight excluding hydrogens is 248 g/mol. The summed E-state index contributed by atoms with van der Waals surface area (Å²) in [4.78, 5) is 24.9. The van der Waals surface area contributed by atoms with Gasteiger partial charge >= 0.3 is 5.97 Å². The predicted molar refractivity (Wildman–Crippen MR) is 65.5 cm³/mol. The van der Waals surface area contributed by atoms with Crippen molar-refractivity contribution in [3.8, 4) is 6.07 Å². The minimum absolute atomic E-state index is 0.101. The van der Waals surface area contributed by atoms with E-state index in [1.165, 1.54) is 12.0 Å². The normalized spacial score (nSPS) is 18.8. The standard InChI is InChI=1S/C13H12N2O4/c1-18-13(17)10-4-2-3-5-11(10)15-7-9(6-14)19-8-12(15)16/h2-5,9H,7-8H2,1H3. The van der Waals surface area contributed by atoms with Crippen molar-refractivity contribution in [3.05, 3.63) is 29.8 Å². The average molecular weight is 260 g/mol. The smallest absolute Gasteiger partial charge is 0.339 e. The van der Waals surface area contributed by atoms with Crippen LogP contribution in [0.3, 0.4) is 0 Å². The van der Waals surface area contributed by atoms with E-state index in [9.17, 15) is 9.59 Å². The lowest BCUT2D eigenvalue weighted by Gasteiger charge is -2.30. The number of nitriles is 1. The van der Waals surface area contributed by atoms with Crippen molar-refractivity contribution >= 4 is 17.6 Å². The minimum atomic E-state index is -0.691. The number of esters is 1. The summed E-state index contributed by atoms with van der Waals surface area (Å²) in [5, 5.41) is 8.86. The molecule has 1 amide bonds. The molecule has 0 saturated carbocycles. The largest absolute Gasteiger partial charge is 0.465 e. The number of ether oxygens (including phenoxy) is 2. The minimum Gasteiger partial charge on any atom is -0.465 e. The third kappa shape index (κ3) is 2.56. The van der Waals surface area contributed by atoms with Crippen molar-refractivity contribution in [3.63, 3.8) is 0 Å². The van der Waals surface area contributed by atoms with Crippen LogP contribution in [0.1, 0.15) is 10.4 Å². The molecule has 0 aromatic heterocycles. The van der Waals surface area contributed by atoms with Crippen LogP contribution in [0.25, 0.3) is 0 Å². The van der Waals surface area contributed by atoms with Gasteiger partial charge in [-0.05, 0) is 12.1 Å². The second kappa shape index (κ2) is 5.50. The zero-order valence-corrected chi connectivity index (χ0v) is 10.3. The van der Waals surface area contributed by atoms with Crippen molar-refractivity contribution in [2.24, 2.45) is 0 Å². The molecule has 1 atom stereocenters. The molecule has 1 fully saturated rings. The maximum atomic E-state index is 11.9. The van der Waals surface area contributed by atoms with Crippen LogP contribution in [0.5, 0.6) is 0 Å². The molecule has 0 bridgehead atoms. The average Bonchev–Trinajstić information content (AvgIpc) is 2.47. The van der Waals surface area contributed by atoms with Crippen molar-refractivity contribution in [1.82, 2.24) is 0 Å². The van der Waals surface area contributed by atoms with Crippen LogP contribution in [0.4, 0.5) is 5.69 Å². The Morgan fingerprint density at radius 3 is 2.95 bits per heavy atom. The lowest BCUT2D eigenvalue weighted by Crippen LogP contribution is -2.46. The molecule has 2 rings (SSSR count). The molecule has 19 heavy (non-hydrogen) atoms. The van der Waals surface area contributed by atoms with Gasteiger partial charge in [0.25, 0.3) is 5.91 Å². The number of para-hydroxylation sites is 1. The van der Waals surface area contributed by atoms with Crippen LogP contribution in [0.2, 0.25) is 0 Å². The summed E-state index contributed by atoms with van der Waals surface area (Å²) in [6.07, 6.45) is -0.691. The van der Waals surface area contributed by atoms with Gasteiger partial charge in [0.2, 0.25) is 0 Å². The van der Waals surface area contributed by atoms with E-state index >= 15 is 0 Å². The van der Waals surface area contributed by atoms with Crippen molar-refractivity contribution in [1.29, 1.82) is 5.26 Å². The van der Waals surface area contributed by atoms with Gasteiger partial charge in [0.15, 0.2) is 6.10 Å². The highest BCUT2D eigenvalue weighted by Crippen LogP contribution is 2.23. The number of methoxy groups -OCH3 is 1. The predicted octanol–water partition coefficient (Wildman–Crippen LogP) is 0.729. The monoisotopic (exact) mass is 260 g/mol. The summed E-state index contributed by atoms with van der Waals surface area (Å²) in [7, 11) is 1.28. The summed E-state index contributed by atoms with van der Waals surface area (Å²) in [5.74, 6) is -0.814. The van der Waals surface area contributed by atoms with Gasteiger partial charge < -0.3 is 14.4 Å². The third-order valence-corrected chi connectivity index (χ3v) is 2.80. The molecule has 0 radical (unpaired) electrons. The van der Waals surface area contributed by atoms with Gasteiger partial charge in [0, 0.05) is 0 Å². The second-order valence-electron chi connectivity index (χ2n) is 3.94. The third-order valence-electron chi connectivity index (χ3n) is 2.80. The molecule has 1 aliphatic rings.